The van der Waals surface area contributed by atoms with Crippen LogP contribution in [-0.4, -0.2) is 24.1 Å². The van der Waals surface area contributed by atoms with Gasteiger partial charge in [0.1, 0.15) is 12.3 Å². The quantitative estimate of drug-likeness (QED) is 0.555. The van der Waals surface area contributed by atoms with E-state index in [1.165, 1.54) is 6.07 Å². The summed E-state index contributed by atoms with van der Waals surface area (Å²) >= 11 is 0. The van der Waals surface area contributed by atoms with Crippen molar-refractivity contribution >= 4 is 11.4 Å². The second-order valence-electron chi connectivity index (χ2n) is 4.33. The Morgan fingerprint density at radius 2 is 2.35 bits per heavy atom. The van der Waals surface area contributed by atoms with Crippen LogP contribution in [0.2, 0.25) is 0 Å². The van der Waals surface area contributed by atoms with Crippen molar-refractivity contribution in [2.24, 2.45) is 0 Å². The minimum atomic E-state index is -0.608. The van der Waals surface area contributed by atoms with Gasteiger partial charge in [0.25, 0.3) is 5.69 Å². The molecular formula is C11H11FN2O3. The molecule has 1 aromatic rings. The molecule has 6 heteroatoms. The summed E-state index contributed by atoms with van der Waals surface area (Å²) in [6, 6.07) is 2.47. The predicted octanol–water partition coefficient (Wildman–Crippen LogP) is 2.10. The molecule has 0 bridgehead atoms. The van der Waals surface area contributed by atoms with Gasteiger partial charge in [-0.2, -0.15) is 0 Å². The van der Waals surface area contributed by atoms with Crippen molar-refractivity contribution in [1.29, 1.82) is 0 Å². The third-order valence-electron chi connectivity index (χ3n) is 3.32. The molecule has 0 saturated carbocycles. The van der Waals surface area contributed by atoms with Crippen molar-refractivity contribution in [3.63, 3.8) is 0 Å². The van der Waals surface area contributed by atoms with Crippen LogP contribution in [0.25, 0.3) is 0 Å². The number of ether oxygens (including phenoxy) is 1. The highest BCUT2D eigenvalue weighted by molar-refractivity contribution is 5.65. The first kappa shape index (κ1) is 10.3. The molecule has 1 atom stereocenters. The average molecular weight is 238 g/mol. The van der Waals surface area contributed by atoms with Gasteiger partial charge in [0.05, 0.1) is 23.1 Å². The molecule has 0 aliphatic carbocycles. The van der Waals surface area contributed by atoms with Crippen molar-refractivity contribution in [2.75, 3.05) is 18.1 Å². The molecule has 2 aliphatic heterocycles. The molecule has 0 aromatic heterocycles. The summed E-state index contributed by atoms with van der Waals surface area (Å²) < 4.78 is 19.3. The first-order valence-electron chi connectivity index (χ1n) is 5.54. The average Bonchev–Trinajstić information content (AvgIpc) is 2.76. The molecule has 17 heavy (non-hydrogen) atoms. The van der Waals surface area contributed by atoms with Gasteiger partial charge in [0.2, 0.25) is 0 Å². The van der Waals surface area contributed by atoms with Crippen LogP contribution in [-0.2, 0) is 0 Å². The maximum absolute atomic E-state index is 13.9. The zero-order valence-electron chi connectivity index (χ0n) is 9.06. The van der Waals surface area contributed by atoms with Crippen LogP contribution in [0.3, 0.4) is 0 Å². The Balaban J connectivity index is 2.10. The summed E-state index contributed by atoms with van der Waals surface area (Å²) in [4.78, 5) is 12.0. The van der Waals surface area contributed by atoms with Gasteiger partial charge >= 0.3 is 0 Å². The Hall–Kier alpha value is -1.85. The van der Waals surface area contributed by atoms with Gasteiger partial charge < -0.3 is 9.64 Å². The van der Waals surface area contributed by atoms with E-state index >= 15 is 0 Å². The van der Waals surface area contributed by atoms with Crippen molar-refractivity contribution < 1.29 is 14.1 Å². The lowest BCUT2D eigenvalue weighted by Crippen LogP contribution is -2.38. The molecule has 2 heterocycles. The third-order valence-corrected chi connectivity index (χ3v) is 3.32. The van der Waals surface area contributed by atoms with Crippen molar-refractivity contribution in [1.82, 2.24) is 0 Å². The molecule has 0 radical (unpaired) electrons. The molecule has 1 unspecified atom stereocenters. The van der Waals surface area contributed by atoms with Crippen molar-refractivity contribution in [2.45, 2.75) is 18.9 Å². The summed E-state index contributed by atoms with van der Waals surface area (Å²) in [5.74, 6) is -0.282. The molecule has 5 nitrogen and oxygen atoms in total. The normalized spacial score (nSPS) is 21.7. The SMILES string of the molecule is O=[N+]([O-])c1cc(F)c2c(c1)OCC1CCCN21. The number of nitro benzene ring substituents is 1. The highest BCUT2D eigenvalue weighted by Gasteiger charge is 2.34. The summed E-state index contributed by atoms with van der Waals surface area (Å²) in [6.45, 7) is 1.27. The van der Waals surface area contributed by atoms with Gasteiger partial charge in [-0.1, -0.05) is 0 Å². The van der Waals surface area contributed by atoms with E-state index in [0.29, 0.717) is 12.3 Å². The molecule has 90 valence electrons. The van der Waals surface area contributed by atoms with Gasteiger partial charge in [0.15, 0.2) is 11.6 Å². The van der Waals surface area contributed by atoms with Crippen LogP contribution >= 0.6 is 0 Å². The number of hydrogen-bond acceptors (Lipinski definition) is 4. The standard InChI is InChI=1S/C11H11FN2O3/c12-9-4-8(14(15)16)5-10-11(9)13-3-1-2-7(13)6-17-10/h4-5,7H,1-3,6H2. The molecule has 1 saturated heterocycles. The Morgan fingerprint density at radius 1 is 1.53 bits per heavy atom. The van der Waals surface area contributed by atoms with E-state index in [1.54, 1.807) is 0 Å². The number of halogens is 1. The number of nitrogens with zero attached hydrogens (tertiary/aromatic N) is 2. The fourth-order valence-corrected chi connectivity index (χ4v) is 2.54. The smallest absolute Gasteiger partial charge is 0.276 e. The zero-order chi connectivity index (χ0) is 12.0. The summed E-state index contributed by atoms with van der Waals surface area (Å²) in [7, 11) is 0. The maximum Gasteiger partial charge on any atom is 0.276 e. The third kappa shape index (κ3) is 1.51. The van der Waals surface area contributed by atoms with Crippen LogP contribution < -0.4 is 9.64 Å². The van der Waals surface area contributed by atoms with Gasteiger partial charge in [-0.3, -0.25) is 10.1 Å². The minimum absolute atomic E-state index is 0.207. The number of non-ortho nitro benzene ring substituents is 1. The summed E-state index contributed by atoms with van der Waals surface area (Å²) in [6.07, 6.45) is 1.99. The minimum Gasteiger partial charge on any atom is -0.489 e. The van der Waals surface area contributed by atoms with E-state index in [4.69, 9.17) is 4.74 Å². The molecule has 1 aromatic carbocycles. The fraction of sp³-hybridized carbons (Fsp3) is 0.455. The molecule has 2 aliphatic rings. The van der Waals surface area contributed by atoms with E-state index in [0.717, 1.165) is 25.5 Å². The van der Waals surface area contributed by atoms with E-state index in [-0.39, 0.29) is 17.5 Å². The number of fused-ring (bicyclic) bond motifs is 3. The Labute approximate surface area is 96.9 Å². The Morgan fingerprint density at radius 3 is 3.12 bits per heavy atom. The first-order chi connectivity index (χ1) is 8.16. The number of rotatable bonds is 1. The summed E-state index contributed by atoms with van der Waals surface area (Å²) in [5, 5.41) is 10.6. The molecule has 3 rings (SSSR count). The molecule has 0 spiro atoms. The monoisotopic (exact) mass is 238 g/mol. The maximum atomic E-state index is 13.9. The molecular weight excluding hydrogens is 227 g/mol. The van der Waals surface area contributed by atoms with Gasteiger partial charge in [-0.15, -0.1) is 0 Å². The van der Waals surface area contributed by atoms with Crippen molar-refractivity contribution in [3.05, 3.63) is 28.1 Å². The number of nitro groups is 1. The van der Waals surface area contributed by atoms with Crippen molar-refractivity contribution in [3.8, 4) is 5.75 Å². The van der Waals surface area contributed by atoms with Crippen LogP contribution in [0.4, 0.5) is 15.8 Å². The largest absolute Gasteiger partial charge is 0.489 e. The van der Waals surface area contributed by atoms with Gasteiger partial charge in [-0.05, 0) is 12.8 Å². The number of anilines is 1. The predicted molar refractivity (Wildman–Crippen MR) is 58.9 cm³/mol. The molecule has 1 fully saturated rings. The van der Waals surface area contributed by atoms with Crippen LogP contribution in [0.5, 0.6) is 5.75 Å². The van der Waals surface area contributed by atoms with E-state index < -0.39 is 10.7 Å². The Bertz CT molecular complexity index is 492. The fourth-order valence-electron chi connectivity index (χ4n) is 2.54. The topological polar surface area (TPSA) is 55.6 Å². The van der Waals surface area contributed by atoms with E-state index in [2.05, 4.69) is 0 Å². The first-order valence-corrected chi connectivity index (χ1v) is 5.54. The summed E-state index contributed by atoms with van der Waals surface area (Å²) in [5.41, 5.74) is 0.114. The molecule has 0 amide bonds. The van der Waals surface area contributed by atoms with E-state index in [1.807, 2.05) is 4.90 Å². The zero-order valence-corrected chi connectivity index (χ0v) is 9.06. The molecule has 0 N–H and O–H groups in total. The number of benzene rings is 1. The Kier molecular flexibility index (Phi) is 2.17. The highest BCUT2D eigenvalue weighted by Crippen LogP contribution is 2.41. The second kappa shape index (κ2) is 3.58. The highest BCUT2D eigenvalue weighted by atomic mass is 19.1. The van der Waals surface area contributed by atoms with Crippen LogP contribution in [0.1, 0.15) is 12.8 Å². The van der Waals surface area contributed by atoms with Gasteiger partial charge in [-0.25, -0.2) is 4.39 Å². The lowest BCUT2D eigenvalue weighted by molar-refractivity contribution is -0.385. The van der Waals surface area contributed by atoms with Crippen LogP contribution in [0.15, 0.2) is 12.1 Å². The second-order valence-corrected chi connectivity index (χ2v) is 4.33. The lowest BCUT2D eigenvalue weighted by Gasteiger charge is -2.33. The van der Waals surface area contributed by atoms with Gasteiger partial charge in [0, 0.05) is 6.54 Å². The van der Waals surface area contributed by atoms with E-state index in [9.17, 15) is 14.5 Å². The van der Waals surface area contributed by atoms with Crippen LogP contribution in [0, 0.1) is 15.9 Å². The lowest BCUT2D eigenvalue weighted by atomic mass is 10.1. The number of hydrogen-bond donors (Lipinski definition) is 0.